The largest absolute Gasteiger partial charge is 0.285 e. The quantitative estimate of drug-likeness (QED) is 0.646. The van der Waals surface area contributed by atoms with Crippen LogP contribution in [0.3, 0.4) is 0 Å². The first-order chi connectivity index (χ1) is 5.61. The molecule has 0 aromatic rings. The summed E-state index contributed by atoms with van der Waals surface area (Å²) in [5, 5.41) is 0.454. The van der Waals surface area contributed by atoms with Crippen LogP contribution < -0.4 is 0 Å². The van der Waals surface area contributed by atoms with E-state index in [1.807, 2.05) is 0 Å². The fraction of sp³-hybridized carbons (Fsp3) is 1.00. The standard InChI is InChI=1S/C10H19NS/c1-6(2)9-4-8-5-10(8)11(9)7(3)12/h6-10,12H,4-5H2,1-3H3. The molecule has 1 saturated carbocycles. The fourth-order valence-corrected chi connectivity index (χ4v) is 3.04. The van der Waals surface area contributed by atoms with Crippen molar-refractivity contribution in [3.05, 3.63) is 0 Å². The highest BCUT2D eigenvalue weighted by Gasteiger charge is 2.53. The lowest BCUT2D eigenvalue weighted by Crippen LogP contribution is -2.40. The van der Waals surface area contributed by atoms with Crippen molar-refractivity contribution in [1.29, 1.82) is 0 Å². The van der Waals surface area contributed by atoms with E-state index in [1.54, 1.807) is 0 Å². The molecule has 1 nitrogen and oxygen atoms in total. The van der Waals surface area contributed by atoms with Crippen molar-refractivity contribution in [2.45, 2.75) is 51.1 Å². The SMILES string of the molecule is CC(C)C1CC2CC2N1C(C)S. The zero-order valence-corrected chi connectivity index (χ0v) is 9.09. The molecule has 2 aliphatic rings. The predicted molar refractivity (Wildman–Crippen MR) is 55.4 cm³/mol. The Morgan fingerprint density at radius 1 is 1.25 bits per heavy atom. The normalized spacial score (nSPS) is 43.2. The van der Waals surface area contributed by atoms with Crippen LogP contribution in [0.15, 0.2) is 0 Å². The summed E-state index contributed by atoms with van der Waals surface area (Å²) in [6, 6.07) is 1.70. The lowest BCUT2D eigenvalue weighted by Gasteiger charge is -2.33. The Hall–Kier alpha value is 0.310. The van der Waals surface area contributed by atoms with Gasteiger partial charge in [0, 0.05) is 12.1 Å². The molecule has 1 aliphatic heterocycles. The van der Waals surface area contributed by atoms with Gasteiger partial charge in [0.1, 0.15) is 0 Å². The third-order valence-corrected chi connectivity index (χ3v) is 3.66. The second-order valence-corrected chi connectivity index (χ2v) is 5.44. The lowest BCUT2D eigenvalue weighted by molar-refractivity contribution is 0.169. The zero-order chi connectivity index (χ0) is 8.88. The first-order valence-electron chi connectivity index (χ1n) is 5.06. The average molecular weight is 185 g/mol. The van der Waals surface area contributed by atoms with Crippen molar-refractivity contribution in [3.63, 3.8) is 0 Å². The molecule has 2 heteroatoms. The number of hydrogen-bond acceptors (Lipinski definition) is 2. The van der Waals surface area contributed by atoms with E-state index in [2.05, 4.69) is 38.3 Å². The number of thiol groups is 1. The number of rotatable bonds is 2. The van der Waals surface area contributed by atoms with Gasteiger partial charge >= 0.3 is 0 Å². The van der Waals surface area contributed by atoms with Crippen molar-refractivity contribution in [3.8, 4) is 0 Å². The molecule has 0 amide bonds. The molecule has 0 aromatic heterocycles. The average Bonchev–Trinajstić information content (AvgIpc) is 2.60. The van der Waals surface area contributed by atoms with Crippen molar-refractivity contribution >= 4 is 12.6 Å². The van der Waals surface area contributed by atoms with Gasteiger partial charge in [-0.05, 0) is 31.6 Å². The summed E-state index contributed by atoms with van der Waals surface area (Å²) in [6.45, 7) is 6.87. The highest BCUT2D eigenvalue weighted by molar-refractivity contribution is 7.80. The Balaban J connectivity index is 2.06. The van der Waals surface area contributed by atoms with E-state index in [0.29, 0.717) is 5.37 Å². The minimum Gasteiger partial charge on any atom is -0.285 e. The van der Waals surface area contributed by atoms with Gasteiger partial charge in [0.05, 0.1) is 5.37 Å². The van der Waals surface area contributed by atoms with Gasteiger partial charge in [-0.25, -0.2) is 0 Å². The Morgan fingerprint density at radius 2 is 1.92 bits per heavy atom. The molecule has 1 aliphatic carbocycles. The Kier molecular flexibility index (Phi) is 2.16. The van der Waals surface area contributed by atoms with Crippen LogP contribution >= 0.6 is 12.6 Å². The molecule has 1 saturated heterocycles. The molecule has 0 radical (unpaired) electrons. The monoisotopic (exact) mass is 185 g/mol. The lowest BCUT2D eigenvalue weighted by atomic mass is 10.00. The fourth-order valence-electron chi connectivity index (χ4n) is 2.70. The van der Waals surface area contributed by atoms with Gasteiger partial charge in [0.15, 0.2) is 0 Å². The Bertz CT molecular complexity index is 179. The van der Waals surface area contributed by atoms with E-state index < -0.39 is 0 Å². The van der Waals surface area contributed by atoms with E-state index in [0.717, 1.165) is 23.9 Å². The summed E-state index contributed by atoms with van der Waals surface area (Å²) in [5.41, 5.74) is 0. The number of nitrogens with zero attached hydrogens (tertiary/aromatic N) is 1. The van der Waals surface area contributed by atoms with Crippen LogP contribution in [0, 0.1) is 11.8 Å². The number of fused-ring (bicyclic) bond motifs is 1. The van der Waals surface area contributed by atoms with Crippen molar-refractivity contribution in [1.82, 2.24) is 4.90 Å². The maximum Gasteiger partial charge on any atom is 0.0505 e. The number of likely N-dealkylation sites (tertiary alicyclic amines) is 1. The topological polar surface area (TPSA) is 3.24 Å². The van der Waals surface area contributed by atoms with Gasteiger partial charge in [0.25, 0.3) is 0 Å². The van der Waals surface area contributed by atoms with Crippen LogP contribution in [-0.4, -0.2) is 22.4 Å². The molecular weight excluding hydrogens is 166 g/mol. The Morgan fingerprint density at radius 3 is 2.33 bits per heavy atom. The highest BCUT2D eigenvalue weighted by atomic mass is 32.1. The van der Waals surface area contributed by atoms with Gasteiger partial charge in [0.2, 0.25) is 0 Å². The molecule has 70 valence electrons. The van der Waals surface area contributed by atoms with Gasteiger partial charge in [-0.1, -0.05) is 13.8 Å². The smallest absolute Gasteiger partial charge is 0.0505 e. The zero-order valence-electron chi connectivity index (χ0n) is 8.20. The maximum atomic E-state index is 4.56. The molecule has 1 heterocycles. The van der Waals surface area contributed by atoms with E-state index >= 15 is 0 Å². The summed E-state index contributed by atoms with van der Waals surface area (Å²) >= 11 is 4.56. The summed E-state index contributed by atoms with van der Waals surface area (Å²) < 4.78 is 0. The molecule has 4 atom stereocenters. The minimum atomic E-state index is 0.454. The van der Waals surface area contributed by atoms with Crippen LogP contribution in [0.25, 0.3) is 0 Å². The molecular formula is C10H19NS. The molecule has 0 N–H and O–H groups in total. The van der Waals surface area contributed by atoms with E-state index in [4.69, 9.17) is 0 Å². The van der Waals surface area contributed by atoms with Gasteiger partial charge in [-0.2, -0.15) is 12.6 Å². The van der Waals surface area contributed by atoms with Crippen LogP contribution in [0.1, 0.15) is 33.6 Å². The highest BCUT2D eigenvalue weighted by Crippen LogP contribution is 2.50. The maximum absolute atomic E-state index is 4.56. The summed E-state index contributed by atoms with van der Waals surface area (Å²) in [5.74, 6) is 1.82. The summed E-state index contributed by atoms with van der Waals surface area (Å²) in [4.78, 5) is 2.62. The molecule has 0 bridgehead atoms. The van der Waals surface area contributed by atoms with E-state index in [1.165, 1.54) is 12.8 Å². The van der Waals surface area contributed by atoms with Crippen molar-refractivity contribution in [2.24, 2.45) is 11.8 Å². The van der Waals surface area contributed by atoms with Crippen LogP contribution in [-0.2, 0) is 0 Å². The molecule has 2 rings (SSSR count). The molecule has 2 fully saturated rings. The summed E-state index contributed by atoms with van der Waals surface area (Å²) in [7, 11) is 0. The van der Waals surface area contributed by atoms with Crippen LogP contribution in [0.5, 0.6) is 0 Å². The molecule has 0 aromatic carbocycles. The van der Waals surface area contributed by atoms with Gasteiger partial charge in [-0.15, -0.1) is 0 Å². The Labute approximate surface area is 80.9 Å². The van der Waals surface area contributed by atoms with Crippen LogP contribution in [0.4, 0.5) is 0 Å². The molecule has 4 unspecified atom stereocenters. The number of piperidine rings is 1. The van der Waals surface area contributed by atoms with E-state index in [9.17, 15) is 0 Å². The number of hydrogen-bond donors (Lipinski definition) is 1. The van der Waals surface area contributed by atoms with E-state index in [-0.39, 0.29) is 0 Å². The second kappa shape index (κ2) is 2.91. The molecule has 12 heavy (non-hydrogen) atoms. The van der Waals surface area contributed by atoms with Crippen molar-refractivity contribution < 1.29 is 0 Å². The van der Waals surface area contributed by atoms with Crippen LogP contribution in [0.2, 0.25) is 0 Å². The van der Waals surface area contributed by atoms with Crippen molar-refractivity contribution in [2.75, 3.05) is 0 Å². The third kappa shape index (κ3) is 1.29. The summed E-state index contributed by atoms with van der Waals surface area (Å²) in [6.07, 6.45) is 2.86. The first kappa shape index (κ1) is 8.89. The third-order valence-electron chi connectivity index (χ3n) is 3.40. The minimum absolute atomic E-state index is 0.454. The van der Waals surface area contributed by atoms with Gasteiger partial charge in [-0.3, -0.25) is 4.90 Å². The van der Waals surface area contributed by atoms with Gasteiger partial charge < -0.3 is 0 Å². The first-order valence-corrected chi connectivity index (χ1v) is 5.58. The second-order valence-electron chi connectivity index (χ2n) is 4.69. The predicted octanol–water partition coefficient (Wildman–Crippen LogP) is 2.38. The molecule has 0 spiro atoms.